The lowest BCUT2D eigenvalue weighted by molar-refractivity contribution is 0.0930. The zero-order valence-corrected chi connectivity index (χ0v) is 13.6. The zero-order chi connectivity index (χ0) is 15.1. The minimum absolute atomic E-state index is 0.00399. The zero-order valence-electron chi connectivity index (χ0n) is 12.8. The normalized spacial score (nSPS) is 18.5. The highest BCUT2D eigenvalue weighted by Gasteiger charge is 2.15. The first-order chi connectivity index (χ1) is 10.1. The molecule has 2 rings (SSSR count). The van der Waals surface area contributed by atoms with Crippen molar-refractivity contribution in [2.45, 2.75) is 56.7 Å². The van der Waals surface area contributed by atoms with Gasteiger partial charge in [-0.1, -0.05) is 44.2 Å². The number of rotatable bonds is 4. The van der Waals surface area contributed by atoms with Gasteiger partial charge in [0, 0.05) is 34.4 Å². The molecule has 0 aliphatic heterocycles. The molecule has 0 heterocycles. The smallest absolute Gasteiger partial charge is 0.251 e. The topological polar surface area (TPSA) is 46.2 Å². The first-order valence-corrected chi connectivity index (χ1v) is 9.57. The molecule has 3 nitrogen and oxygen atoms in total. The van der Waals surface area contributed by atoms with Gasteiger partial charge in [-0.05, 0) is 30.5 Å². The van der Waals surface area contributed by atoms with Gasteiger partial charge < -0.3 is 5.32 Å². The summed E-state index contributed by atoms with van der Waals surface area (Å²) in [4.78, 5) is 12.4. The highest BCUT2D eigenvalue weighted by atomic mass is 32.2. The molecular weight excluding hydrogens is 282 g/mol. The molecule has 1 atom stereocenters. The van der Waals surface area contributed by atoms with Gasteiger partial charge in [-0.3, -0.25) is 9.00 Å². The number of carbonyl (C=O) groups excluding carboxylic acids is 1. The monoisotopic (exact) mass is 307 g/mol. The lowest BCUT2D eigenvalue weighted by Gasteiger charge is -2.21. The fourth-order valence-corrected chi connectivity index (χ4v) is 3.56. The van der Waals surface area contributed by atoms with Crippen LogP contribution in [0.4, 0.5) is 0 Å². The van der Waals surface area contributed by atoms with Gasteiger partial charge in [0.2, 0.25) is 0 Å². The summed E-state index contributed by atoms with van der Waals surface area (Å²) in [7, 11) is -0.880. The third-order valence-corrected chi connectivity index (χ3v) is 4.74. The van der Waals surface area contributed by atoms with E-state index in [1.807, 2.05) is 24.3 Å². The number of amides is 1. The average molecular weight is 307 g/mol. The molecule has 0 bridgehead atoms. The second-order valence-electron chi connectivity index (χ2n) is 5.93. The molecule has 1 aliphatic carbocycles. The minimum Gasteiger partial charge on any atom is -0.349 e. The SMILES string of the molecule is CS(=O)Cc1cccc(C(=O)NC2CCCCCCC2)c1. The molecule has 1 saturated carbocycles. The van der Waals surface area contributed by atoms with Crippen molar-refractivity contribution >= 4 is 16.7 Å². The van der Waals surface area contributed by atoms with Gasteiger partial charge >= 0.3 is 0 Å². The third kappa shape index (κ3) is 5.62. The van der Waals surface area contributed by atoms with Gasteiger partial charge in [0.25, 0.3) is 5.91 Å². The maximum Gasteiger partial charge on any atom is 0.251 e. The molecule has 1 amide bonds. The van der Waals surface area contributed by atoms with Crippen molar-refractivity contribution in [3.8, 4) is 0 Å². The molecule has 0 spiro atoms. The molecular formula is C17H25NO2S. The Morgan fingerprint density at radius 2 is 1.86 bits per heavy atom. The lowest BCUT2D eigenvalue weighted by Crippen LogP contribution is -2.35. The summed E-state index contributed by atoms with van der Waals surface area (Å²) in [6, 6.07) is 7.80. The van der Waals surface area contributed by atoms with E-state index in [-0.39, 0.29) is 5.91 Å². The van der Waals surface area contributed by atoms with Crippen LogP contribution in [0.1, 0.15) is 60.9 Å². The Morgan fingerprint density at radius 3 is 2.52 bits per heavy atom. The van der Waals surface area contributed by atoms with E-state index in [0.29, 0.717) is 17.4 Å². The molecule has 1 aromatic carbocycles. The molecule has 116 valence electrons. The van der Waals surface area contributed by atoms with Crippen molar-refractivity contribution < 1.29 is 9.00 Å². The quantitative estimate of drug-likeness (QED) is 0.926. The molecule has 1 aromatic rings. The van der Waals surface area contributed by atoms with Crippen LogP contribution in [0.25, 0.3) is 0 Å². The Labute approximate surface area is 130 Å². The maximum absolute atomic E-state index is 12.4. The summed E-state index contributed by atoms with van der Waals surface area (Å²) < 4.78 is 11.3. The van der Waals surface area contributed by atoms with Crippen molar-refractivity contribution in [3.05, 3.63) is 35.4 Å². The summed E-state index contributed by atoms with van der Waals surface area (Å²) in [5, 5.41) is 3.17. The van der Waals surface area contributed by atoms with Crippen LogP contribution < -0.4 is 5.32 Å². The van der Waals surface area contributed by atoms with Gasteiger partial charge in [-0.25, -0.2) is 0 Å². The van der Waals surface area contributed by atoms with Crippen LogP contribution >= 0.6 is 0 Å². The first-order valence-electron chi connectivity index (χ1n) is 7.85. The van der Waals surface area contributed by atoms with Gasteiger partial charge in [-0.2, -0.15) is 0 Å². The Balaban J connectivity index is 1.96. The second kappa shape index (κ2) is 8.32. The molecule has 1 N–H and O–H groups in total. The van der Waals surface area contributed by atoms with E-state index < -0.39 is 10.8 Å². The molecule has 0 aromatic heterocycles. The predicted molar refractivity (Wildman–Crippen MR) is 87.8 cm³/mol. The fourth-order valence-electron chi connectivity index (χ4n) is 2.91. The van der Waals surface area contributed by atoms with Crippen molar-refractivity contribution in [3.63, 3.8) is 0 Å². The molecule has 1 unspecified atom stereocenters. The number of hydrogen-bond acceptors (Lipinski definition) is 2. The predicted octanol–water partition coefficient (Wildman–Crippen LogP) is 3.41. The number of benzene rings is 1. The van der Waals surface area contributed by atoms with E-state index in [9.17, 15) is 9.00 Å². The molecule has 1 fully saturated rings. The Morgan fingerprint density at radius 1 is 1.19 bits per heavy atom. The molecule has 21 heavy (non-hydrogen) atoms. The van der Waals surface area contributed by atoms with E-state index in [1.165, 1.54) is 32.1 Å². The lowest BCUT2D eigenvalue weighted by atomic mass is 9.96. The Hall–Kier alpha value is -1.16. The van der Waals surface area contributed by atoms with E-state index in [0.717, 1.165) is 18.4 Å². The highest BCUT2D eigenvalue weighted by molar-refractivity contribution is 7.83. The van der Waals surface area contributed by atoms with E-state index in [1.54, 1.807) is 6.26 Å². The van der Waals surface area contributed by atoms with Crippen LogP contribution in [0.5, 0.6) is 0 Å². The van der Waals surface area contributed by atoms with Crippen LogP contribution in [0.15, 0.2) is 24.3 Å². The van der Waals surface area contributed by atoms with E-state index in [4.69, 9.17) is 0 Å². The van der Waals surface area contributed by atoms with Gasteiger partial charge in [0.05, 0.1) is 0 Å². The largest absolute Gasteiger partial charge is 0.349 e. The van der Waals surface area contributed by atoms with E-state index in [2.05, 4.69) is 5.32 Å². The standard InChI is InChI=1S/C17H25NO2S/c1-21(20)13-14-8-7-9-15(12-14)17(19)18-16-10-5-3-2-4-6-11-16/h7-9,12,16H,2-6,10-11,13H2,1H3,(H,18,19). The van der Waals surface area contributed by atoms with E-state index >= 15 is 0 Å². The van der Waals surface area contributed by atoms with Crippen LogP contribution in [-0.4, -0.2) is 22.4 Å². The average Bonchev–Trinajstić information content (AvgIpc) is 2.41. The highest BCUT2D eigenvalue weighted by Crippen LogP contribution is 2.17. The summed E-state index contributed by atoms with van der Waals surface area (Å²) >= 11 is 0. The van der Waals surface area contributed by atoms with Gasteiger partial charge in [0.1, 0.15) is 0 Å². The summed E-state index contributed by atoms with van der Waals surface area (Å²) in [6.45, 7) is 0. The number of nitrogens with one attached hydrogen (secondary N) is 1. The maximum atomic E-state index is 12.4. The van der Waals surface area contributed by atoms with Crippen molar-refractivity contribution in [1.82, 2.24) is 5.32 Å². The van der Waals surface area contributed by atoms with Crippen LogP contribution in [0, 0.1) is 0 Å². The fraction of sp³-hybridized carbons (Fsp3) is 0.588. The summed E-state index contributed by atoms with van der Waals surface area (Å²) in [6.07, 6.45) is 10.2. The second-order valence-corrected chi connectivity index (χ2v) is 7.37. The van der Waals surface area contributed by atoms with Crippen LogP contribution in [-0.2, 0) is 16.6 Å². The third-order valence-electron chi connectivity index (χ3n) is 4.00. The van der Waals surface area contributed by atoms with Crippen LogP contribution in [0.3, 0.4) is 0 Å². The summed E-state index contributed by atoms with van der Waals surface area (Å²) in [5.74, 6) is 0.509. The number of hydrogen-bond donors (Lipinski definition) is 1. The van der Waals surface area contributed by atoms with Crippen molar-refractivity contribution in [1.29, 1.82) is 0 Å². The van der Waals surface area contributed by atoms with Gasteiger partial charge in [-0.15, -0.1) is 0 Å². The number of carbonyl (C=O) groups is 1. The van der Waals surface area contributed by atoms with Crippen molar-refractivity contribution in [2.75, 3.05) is 6.26 Å². The van der Waals surface area contributed by atoms with Crippen molar-refractivity contribution in [2.24, 2.45) is 0 Å². The molecule has 1 aliphatic rings. The molecule has 0 radical (unpaired) electrons. The Kier molecular flexibility index (Phi) is 6.43. The summed E-state index contributed by atoms with van der Waals surface area (Å²) in [5.41, 5.74) is 1.64. The molecule has 0 saturated heterocycles. The minimum atomic E-state index is -0.880. The molecule has 4 heteroatoms. The Bertz CT molecular complexity index is 493. The first kappa shape index (κ1) is 16.2. The van der Waals surface area contributed by atoms with Crippen LogP contribution in [0.2, 0.25) is 0 Å². The van der Waals surface area contributed by atoms with Gasteiger partial charge in [0.15, 0.2) is 0 Å².